The maximum absolute atomic E-state index is 14.1. The predicted molar refractivity (Wildman–Crippen MR) is 115 cm³/mol. The van der Waals surface area contributed by atoms with E-state index in [4.69, 9.17) is 0 Å². The largest absolute Gasteiger partial charge is 0.354 e. The summed E-state index contributed by atoms with van der Waals surface area (Å²) in [5.74, 6) is -1.40. The molecule has 1 N–H and O–H groups in total. The van der Waals surface area contributed by atoms with Gasteiger partial charge in [0.25, 0.3) is 0 Å². The number of hydrogen-bond donors (Lipinski definition) is 1. The lowest BCUT2D eigenvalue weighted by Gasteiger charge is -2.23. The van der Waals surface area contributed by atoms with Gasteiger partial charge < -0.3 is 10.2 Å². The van der Waals surface area contributed by atoms with Crippen LogP contribution in [0.5, 0.6) is 0 Å². The zero-order valence-corrected chi connectivity index (χ0v) is 16.5. The van der Waals surface area contributed by atoms with Crippen molar-refractivity contribution in [1.82, 2.24) is 15.0 Å². The number of rotatable bonds is 7. The van der Waals surface area contributed by atoms with Crippen molar-refractivity contribution in [2.75, 3.05) is 10.2 Å². The molecule has 2 aromatic heterocycles. The first-order chi connectivity index (χ1) is 15.5. The summed E-state index contributed by atoms with van der Waals surface area (Å²) in [5, 5.41) is 14.6. The lowest BCUT2D eigenvalue weighted by atomic mass is 10.2. The molecule has 0 aliphatic carbocycles. The molecule has 160 valence electrons. The van der Waals surface area contributed by atoms with Crippen LogP contribution in [0.15, 0.2) is 79.3 Å². The van der Waals surface area contributed by atoms with Gasteiger partial charge in [-0.25, -0.2) is 23.7 Å². The Balaban J connectivity index is 1.83. The third kappa shape index (κ3) is 4.48. The molecule has 0 fully saturated rings. The fourth-order valence-corrected chi connectivity index (χ4v) is 3.09. The van der Waals surface area contributed by atoms with Gasteiger partial charge in [0.1, 0.15) is 23.8 Å². The van der Waals surface area contributed by atoms with Crippen LogP contribution in [0, 0.1) is 21.7 Å². The molecular weight excluding hydrogens is 418 g/mol. The maximum Gasteiger partial charge on any atom is 0.354 e. The van der Waals surface area contributed by atoms with Crippen LogP contribution in [0.25, 0.3) is 0 Å². The molecule has 0 spiro atoms. The van der Waals surface area contributed by atoms with Gasteiger partial charge in [0.05, 0.1) is 17.2 Å². The Labute approximate surface area is 181 Å². The third-order valence-electron chi connectivity index (χ3n) is 4.53. The van der Waals surface area contributed by atoms with E-state index in [9.17, 15) is 18.9 Å². The molecule has 0 saturated carbocycles. The van der Waals surface area contributed by atoms with Crippen molar-refractivity contribution in [1.29, 1.82) is 0 Å². The molecule has 4 rings (SSSR count). The monoisotopic (exact) mass is 434 g/mol. The van der Waals surface area contributed by atoms with Crippen LogP contribution < -0.4 is 10.2 Å². The lowest BCUT2D eigenvalue weighted by molar-refractivity contribution is -0.383. The topological polar surface area (TPSA) is 97.1 Å². The normalized spacial score (nSPS) is 10.6. The summed E-state index contributed by atoms with van der Waals surface area (Å²) in [6.45, 7) is 0.226. The van der Waals surface area contributed by atoms with Crippen molar-refractivity contribution >= 4 is 28.8 Å². The Morgan fingerprint density at radius 3 is 2.47 bits per heavy atom. The second-order valence-corrected chi connectivity index (χ2v) is 6.66. The molecule has 0 bridgehead atoms. The molecule has 2 heterocycles. The Morgan fingerprint density at radius 1 is 0.969 bits per heavy atom. The molecule has 0 atom stereocenters. The molecule has 2 aromatic carbocycles. The van der Waals surface area contributed by atoms with E-state index >= 15 is 0 Å². The highest BCUT2D eigenvalue weighted by Gasteiger charge is 2.29. The Morgan fingerprint density at radius 2 is 1.75 bits per heavy atom. The lowest BCUT2D eigenvalue weighted by Crippen LogP contribution is -2.21. The van der Waals surface area contributed by atoms with E-state index in [1.807, 2.05) is 30.3 Å². The molecule has 0 aliphatic rings. The van der Waals surface area contributed by atoms with Crippen LogP contribution >= 0.6 is 0 Å². The molecule has 8 nitrogen and oxygen atoms in total. The van der Waals surface area contributed by atoms with Crippen LogP contribution in [0.2, 0.25) is 0 Å². The Bertz CT molecular complexity index is 1240. The van der Waals surface area contributed by atoms with E-state index in [2.05, 4.69) is 20.3 Å². The second-order valence-electron chi connectivity index (χ2n) is 6.66. The van der Waals surface area contributed by atoms with E-state index in [0.717, 1.165) is 30.1 Å². The predicted octanol–water partition coefficient (Wildman–Crippen LogP) is 5.14. The number of benzene rings is 2. The van der Waals surface area contributed by atoms with Crippen LogP contribution in [0.3, 0.4) is 0 Å². The van der Waals surface area contributed by atoms with Crippen LogP contribution in [-0.4, -0.2) is 19.9 Å². The molecule has 32 heavy (non-hydrogen) atoms. The zero-order chi connectivity index (χ0) is 22.5. The van der Waals surface area contributed by atoms with Crippen LogP contribution in [0.4, 0.5) is 37.6 Å². The van der Waals surface area contributed by atoms with Crippen molar-refractivity contribution in [3.63, 3.8) is 0 Å². The number of nitrogens with zero attached hydrogens (tertiary/aromatic N) is 5. The summed E-state index contributed by atoms with van der Waals surface area (Å²) in [4.78, 5) is 25.3. The number of halogens is 2. The third-order valence-corrected chi connectivity index (χ3v) is 4.53. The van der Waals surface area contributed by atoms with E-state index in [-0.39, 0.29) is 23.9 Å². The number of pyridine rings is 1. The van der Waals surface area contributed by atoms with Gasteiger partial charge in [-0.15, -0.1) is 0 Å². The first-order valence-electron chi connectivity index (χ1n) is 9.47. The van der Waals surface area contributed by atoms with Crippen molar-refractivity contribution in [3.8, 4) is 0 Å². The molecule has 0 amide bonds. The van der Waals surface area contributed by atoms with Gasteiger partial charge in [-0.05, 0) is 29.8 Å². The molecule has 0 saturated heterocycles. The Kier molecular flexibility index (Phi) is 5.93. The summed E-state index contributed by atoms with van der Waals surface area (Å²) >= 11 is 0. The summed E-state index contributed by atoms with van der Waals surface area (Å²) in [7, 11) is 0. The minimum absolute atomic E-state index is 0.0492. The van der Waals surface area contributed by atoms with Crippen LogP contribution in [-0.2, 0) is 6.54 Å². The average molecular weight is 434 g/mol. The van der Waals surface area contributed by atoms with E-state index in [1.54, 1.807) is 29.3 Å². The van der Waals surface area contributed by atoms with Gasteiger partial charge in [0, 0.05) is 12.3 Å². The zero-order valence-electron chi connectivity index (χ0n) is 16.5. The summed E-state index contributed by atoms with van der Waals surface area (Å²) in [6.07, 6.45) is 2.67. The molecule has 0 unspecified atom stereocenters. The highest BCUT2D eigenvalue weighted by atomic mass is 19.1. The standard InChI is InChI=1S/C22H16F2N6O2/c23-16-9-10-17(24)18(12-16)28-21-20(30(31)32)22(27-14-26-21)29(19-8-4-5-11-25-19)13-15-6-2-1-3-7-15/h1-12,14H,13H2,(H,26,27,28). The van der Waals surface area contributed by atoms with Crippen molar-refractivity contribution in [2.45, 2.75) is 6.54 Å². The number of hydrogen-bond acceptors (Lipinski definition) is 7. The second kappa shape index (κ2) is 9.13. The van der Waals surface area contributed by atoms with Gasteiger partial charge in [-0.2, -0.15) is 0 Å². The molecule has 0 radical (unpaired) electrons. The Hall–Kier alpha value is -4.47. The minimum atomic E-state index is -0.785. The summed E-state index contributed by atoms with van der Waals surface area (Å²) in [6, 6.07) is 17.2. The van der Waals surface area contributed by atoms with E-state index in [0.29, 0.717) is 5.82 Å². The van der Waals surface area contributed by atoms with Gasteiger partial charge in [0.2, 0.25) is 11.6 Å². The van der Waals surface area contributed by atoms with Crippen LogP contribution in [0.1, 0.15) is 5.56 Å². The number of anilines is 4. The van der Waals surface area contributed by atoms with Crippen molar-refractivity contribution in [2.24, 2.45) is 0 Å². The summed E-state index contributed by atoms with van der Waals surface area (Å²) in [5.41, 5.74) is 0.0692. The highest BCUT2D eigenvalue weighted by molar-refractivity contribution is 5.77. The molecule has 4 aromatic rings. The van der Waals surface area contributed by atoms with E-state index in [1.165, 1.54) is 0 Å². The SMILES string of the molecule is O=[N+]([O-])c1c(Nc2cc(F)ccc2F)ncnc1N(Cc1ccccc1)c1ccccn1. The highest BCUT2D eigenvalue weighted by Crippen LogP contribution is 2.37. The van der Waals surface area contributed by atoms with Gasteiger partial charge in [0.15, 0.2) is 0 Å². The average Bonchev–Trinajstić information content (AvgIpc) is 2.81. The first-order valence-corrected chi connectivity index (χ1v) is 9.47. The minimum Gasteiger partial charge on any atom is -0.332 e. The fourth-order valence-electron chi connectivity index (χ4n) is 3.09. The molecule has 10 heteroatoms. The molecular formula is C22H16F2N6O2. The van der Waals surface area contributed by atoms with E-state index < -0.39 is 22.2 Å². The number of nitrogens with one attached hydrogen (secondary N) is 1. The van der Waals surface area contributed by atoms with Gasteiger partial charge in [-0.3, -0.25) is 10.1 Å². The first kappa shape index (κ1) is 20.8. The fraction of sp³-hybridized carbons (Fsp3) is 0.0455. The smallest absolute Gasteiger partial charge is 0.332 e. The van der Waals surface area contributed by atoms with Gasteiger partial charge in [-0.1, -0.05) is 36.4 Å². The van der Waals surface area contributed by atoms with Crippen molar-refractivity contribution in [3.05, 3.63) is 107 Å². The van der Waals surface area contributed by atoms with Gasteiger partial charge >= 0.3 is 5.69 Å². The number of aromatic nitrogens is 3. The quantitative estimate of drug-likeness (QED) is 0.318. The molecule has 0 aliphatic heterocycles. The maximum atomic E-state index is 14.1. The van der Waals surface area contributed by atoms with Crippen molar-refractivity contribution < 1.29 is 13.7 Å². The number of nitro groups is 1. The summed E-state index contributed by atoms with van der Waals surface area (Å²) < 4.78 is 27.7.